The Kier molecular flexibility index (Phi) is 3.06. The smallest absolute Gasteiger partial charge is 0.0654 e. The zero-order valence-electron chi connectivity index (χ0n) is 8.43. The number of hydrogen-bond donors (Lipinski definition) is 0. The molecule has 0 bridgehead atoms. The van der Waals surface area contributed by atoms with Gasteiger partial charge in [0.2, 0.25) is 0 Å². The van der Waals surface area contributed by atoms with Crippen LogP contribution in [0.3, 0.4) is 0 Å². The molecule has 0 radical (unpaired) electrons. The molecule has 0 aliphatic heterocycles. The van der Waals surface area contributed by atoms with Crippen LogP contribution in [-0.4, -0.2) is 18.1 Å². The van der Waals surface area contributed by atoms with Gasteiger partial charge in [0.25, 0.3) is 0 Å². The Bertz CT molecular complexity index is 154. The monoisotopic (exact) mass is 190 g/mol. The minimum absolute atomic E-state index is 0.177. The molecule has 0 aromatic rings. The summed E-state index contributed by atoms with van der Waals surface area (Å²) in [5, 5.41) is 0.301. The highest BCUT2D eigenvalue weighted by molar-refractivity contribution is 6.21. The minimum atomic E-state index is 0.177. The standard InChI is InChI=1S/C10H19ClO/c1-7(2)6-12-9-5-8(11)10(9,3)4/h7-9H,5-6H2,1-4H3. The Morgan fingerprint density at radius 1 is 1.50 bits per heavy atom. The Morgan fingerprint density at radius 2 is 2.08 bits per heavy atom. The lowest BCUT2D eigenvalue weighted by atomic mass is 9.68. The molecule has 0 aromatic carbocycles. The van der Waals surface area contributed by atoms with E-state index < -0.39 is 0 Å². The predicted molar refractivity (Wildman–Crippen MR) is 52.6 cm³/mol. The number of alkyl halides is 1. The molecule has 0 heterocycles. The van der Waals surface area contributed by atoms with Crippen molar-refractivity contribution in [2.75, 3.05) is 6.61 Å². The third kappa shape index (κ3) is 1.94. The first-order valence-corrected chi connectivity index (χ1v) is 5.14. The van der Waals surface area contributed by atoms with Gasteiger partial charge in [-0.3, -0.25) is 0 Å². The number of halogens is 1. The van der Waals surface area contributed by atoms with E-state index in [9.17, 15) is 0 Å². The molecular formula is C10H19ClO. The molecule has 0 N–H and O–H groups in total. The Hall–Kier alpha value is 0.250. The second kappa shape index (κ2) is 3.55. The molecule has 2 atom stereocenters. The molecule has 0 amide bonds. The molecule has 1 fully saturated rings. The fraction of sp³-hybridized carbons (Fsp3) is 1.00. The van der Waals surface area contributed by atoms with Gasteiger partial charge >= 0.3 is 0 Å². The molecule has 2 unspecified atom stereocenters. The highest BCUT2D eigenvalue weighted by atomic mass is 35.5. The van der Waals surface area contributed by atoms with E-state index in [4.69, 9.17) is 16.3 Å². The van der Waals surface area contributed by atoms with Crippen molar-refractivity contribution >= 4 is 11.6 Å². The van der Waals surface area contributed by atoms with E-state index in [0.29, 0.717) is 17.4 Å². The van der Waals surface area contributed by atoms with Crippen molar-refractivity contribution in [3.63, 3.8) is 0 Å². The third-order valence-corrected chi connectivity index (χ3v) is 3.43. The summed E-state index contributed by atoms with van der Waals surface area (Å²) in [6.07, 6.45) is 1.39. The molecule has 1 aliphatic rings. The lowest BCUT2D eigenvalue weighted by molar-refractivity contribution is -0.0959. The average Bonchev–Trinajstić information content (AvgIpc) is 1.97. The molecule has 12 heavy (non-hydrogen) atoms. The summed E-state index contributed by atoms with van der Waals surface area (Å²) in [5.41, 5.74) is 0.177. The van der Waals surface area contributed by atoms with Crippen LogP contribution < -0.4 is 0 Å². The van der Waals surface area contributed by atoms with Crippen LogP contribution in [0.25, 0.3) is 0 Å². The Balaban J connectivity index is 2.28. The average molecular weight is 191 g/mol. The van der Waals surface area contributed by atoms with Gasteiger partial charge in [0, 0.05) is 17.4 Å². The van der Waals surface area contributed by atoms with E-state index in [1.54, 1.807) is 0 Å². The Labute approximate surface area is 80.4 Å². The highest BCUT2D eigenvalue weighted by Crippen LogP contribution is 2.46. The molecule has 0 saturated heterocycles. The summed E-state index contributed by atoms with van der Waals surface area (Å²) in [6, 6.07) is 0. The maximum Gasteiger partial charge on any atom is 0.0654 e. The van der Waals surface area contributed by atoms with Gasteiger partial charge in [-0.1, -0.05) is 27.7 Å². The molecule has 1 saturated carbocycles. The molecular weight excluding hydrogens is 172 g/mol. The lowest BCUT2D eigenvalue weighted by Gasteiger charge is -2.48. The van der Waals surface area contributed by atoms with E-state index in [1.807, 2.05) is 0 Å². The van der Waals surface area contributed by atoms with Crippen LogP contribution in [0.5, 0.6) is 0 Å². The normalized spacial score (nSPS) is 33.5. The summed E-state index contributed by atoms with van der Waals surface area (Å²) in [4.78, 5) is 0. The SMILES string of the molecule is CC(C)COC1CC(Cl)C1(C)C. The van der Waals surface area contributed by atoms with E-state index in [1.165, 1.54) is 0 Å². The molecule has 72 valence electrons. The second-order valence-electron chi connectivity index (χ2n) is 4.74. The first-order chi connectivity index (χ1) is 5.44. The van der Waals surface area contributed by atoms with Crippen molar-refractivity contribution in [2.45, 2.75) is 45.6 Å². The molecule has 0 aromatic heterocycles. The van der Waals surface area contributed by atoms with E-state index in [-0.39, 0.29) is 5.41 Å². The molecule has 1 nitrogen and oxygen atoms in total. The van der Waals surface area contributed by atoms with Crippen molar-refractivity contribution in [2.24, 2.45) is 11.3 Å². The van der Waals surface area contributed by atoms with Crippen LogP contribution in [0.1, 0.15) is 34.1 Å². The van der Waals surface area contributed by atoms with Gasteiger partial charge in [0.1, 0.15) is 0 Å². The fourth-order valence-corrected chi connectivity index (χ4v) is 1.73. The van der Waals surface area contributed by atoms with Crippen LogP contribution in [0.15, 0.2) is 0 Å². The van der Waals surface area contributed by atoms with Crippen LogP contribution in [0, 0.1) is 11.3 Å². The quantitative estimate of drug-likeness (QED) is 0.622. The van der Waals surface area contributed by atoms with Crippen molar-refractivity contribution in [1.29, 1.82) is 0 Å². The van der Waals surface area contributed by atoms with Gasteiger partial charge in [-0.2, -0.15) is 0 Å². The molecule has 0 spiro atoms. The Morgan fingerprint density at radius 3 is 2.42 bits per heavy atom. The van der Waals surface area contributed by atoms with Crippen LogP contribution in [-0.2, 0) is 4.74 Å². The van der Waals surface area contributed by atoms with Crippen molar-refractivity contribution in [1.82, 2.24) is 0 Å². The first kappa shape index (κ1) is 10.3. The number of ether oxygens (including phenoxy) is 1. The molecule has 1 rings (SSSR count). The van der Waals surface area contributed by atoms with Crippen molar-refractivity contribution in [3.05, 3.63) is 0 Å². The number of hydrogen-bond acceptors (Lipinski definition) is 1. The largest absolute Gasteiger partial charge is 0.377 e. The van der Waals surface area contributed by atoms with Gasteiger partial charge < -0.3 is 4.74 Å². The summed E-state index contributed by atoms with van der Waals surface area (Å²) < 4.78 is 5.74. The fourth-order valence-electron chi connectivity index (χ4n) is 1.43. The lowest BCUT2D eigenvalue weighted by Crippen LogP contribution is -2.52. The van der Waals surface area contributed by atoms with Crippen molar-refractivity contribution < 1.29 is 4.74 Å². The van der Waals surface area contributed by atoms with Gasteiger partial charge in [-0.25, -0.2) is 0 Å². The minimum Gasteiger partial charge on any atom is -0.377 e. The van der Waals surface area contributed by atoms with Gasteiger partial charge in [0.15, 0.2) is 0 Å². The zero-order chi connectivity index (χ0) is 9.35. The molecule has 1 aliphatic carbocycles. The summed E-state index contributed by atoms with van der Waals surface area (Å²) in [5.74, 6) is 0.621. The van der Waals surface area contributed by atoms with Gasteiger partial charge in [0.05, 0.1) is 6.10 Å². The maximum absolute atomic E-state index is 6.07. The van der Waals surface area contributed by atoms with E-state index in [2.05, 4.69) is 27.7 Å². The van der Waals surface area contributed by atoms with Gasteiger partial charge in [-0.15, -0.1) is 11.6 Å². The van der Waals surface area contributed by atoms with Gasteiger partial charge in [-0.05, 0) is 12.3 Å². The van der Waals surface area contributed by atoms with E-state index >= 15 is 0 Å². The van der Waals surface area contributed by atoms with Crippen molar-refractivity contribution in [3.8, 4) is 0 Å². The number of rotatable bonds is 3. The van der Waals surface area contributed by atoms with Crippen LogP contribution in [0.4, 0.5) is 0 Å². The molecule has 2 heteroatoms. The predicted octanol–water partition coefficient (Wildman–Crippen LogP) is 3.06. The van der Waals surface area contributed by atoms with Crippen LogP contribution in [0.2, 0.25) is 0 Å². The maximum atomic E-state index is 6.07. The summed E-state index contributed by atoms with van der Waals surface area (Å²) in [6.45, 7) is 9.56. The second-order valence-corrected chi connectivity index (χ2v) is 5.27. The third-order valence-electron chi connectivity index (χ3n) is 2.69. The summed E-state index contributed by atoms with van der Waals surface area (Å²) in [7, 11) is 0. The topological polar surface area (TPSA) is 9.23 Å². The van der Waals surface area contributed by atoms with Crippen LogP contribution >= 0.6 is 11.6 Å². The highest BCUT2D eigenvalue weighted by Gasteiger charge is 2.47. The van der Waals surface area contributed by atoms with E-state index in [0.717, 1.165) is 13.0 Å². The first-order valence-electron chi connectivity index (χ1n) is 4.70. The zero-order valence-corrected chi connectivity index (χ0v) is 9.19. The summed E-state index contributed by atoms with van der Waals surface area (Å²) >= 11 is 6.07.